The number of hydrogen-bond donors (Lipinski definition) is 3. The number of halogens is 2. The van der Waals surface area contributed by atoms with Gasteiger partial charge in [-0.3, -0.25) is 0 Å². The fourth-order valence-corrected chi connectivity index (χ4v) is 2.28. The van der Waals surface area contributed by atoms with Crippen molar-refractivity contribution in [2.75, 3.05) is 23.4 Å². The summed E-state index contributed by atoms with van der Waals surface area (Å²) in [5, 5.41) is 2.92. The van der Waals surface area contributed by atoms with E-state index in [0.717, 1.165) is 19.4 Å². The molecule has 18 heavy (non-hydrogen) atoms. The van der Waals surface area contributed by atoms with Crippen LogP contribution < -0.4 is 16.8 Å². The van der Waals surface area contributed by atoms with Crippen molar-refractivity contribution < 1.29 is 9.13 Å². The van der Waals surface area contributed by atoms with Crippen LogP contribution in [-0.4, -0.2) is 18.8 Å². The first kappa shape index (κ1) is 13.2. The summed E-state index contributed by atoms with van der Waals surface area (Å²) in [6, 6.07) is 1.42. The van der Waals surface area contributed by atoms with E-state index in [4.69, 9.17) is 27.8 Å². The van der Waals surface area contributed by atoms with Crippen LogP contribution in [0.4, 0.5) is 21.5 Å². The van der Waals surface area contributed by atoms with Crippen LogP contribution >= 0.6 is 11.6 Å². The molecule has 1 saturated heterocycles. The highest BCUT2D eigenvalue weighted by Crippen LogP contribution is 2.34. The number of nitrogen functional groups attached to an aromatic ring is 2. The van der Waals surface area contributed by atoms with Crippen molar-refractivity contribution in [2.24, 2.45) is 0 Å². The zero-order valence-electron chi connectivity index (χ0n) is 10.2. The lowest BCUT2D eigenvalue weighted by Crippen LogP contribution is -2.30. The fraction of sp³-hybridized carbons (Fsp3) is 0.500. The molecule has 2 unspecified atom stereocenters. The molecule has 1 aromatic rings. The SMILES string of the molecule is CC(Nc1c(N)cc(N)c(Cl)c1F)C1CCCO1. The van der Waals surface area contributed by atoms with E-state index in [0.29, 0.717) is 0 Å². The summed E-state index contributed by atoms with van der Waals surface area (Å²) in [6.45, 7) is 2.68. The Labute approximate surface area is 110 Å². The average molecular weight is 274 g/mol. The Morgan fingerprint density at radius 1 is 1.50 bits per heavy atom. The minimum absolute atomic E-state index is 0.0380. The van der Waals surface area contributed by atoms with Gasteiger partial charge in [0.2, 0.25) is 0 Å². The molecule has 0 saturated carbocycles. The molecule has 2 rings (SSSR count). The van der Waals surface area contributed by atoms with E-state index in [2.05, 4.69) is 5.32 Å². The minimum Gasteiger partial charge on any atom is -0.397 e. The Morgan fingerprint density at radius 3 is 2.83 bits per heavy atom. The summed E-state index contributed by atoms with van der Waals surface area (Å²) in [5.41, 5.74) is 11.9. The second-order valence-electron chi connectivity index (χ2n) is 4.54. The van der Waals surface area contributed by atoms with Crippen LogP contribution in [0.3, 0.4) is 0 Å². The number of ether oxygens (including phenoxy) is 1. The zero-order chi connectivity index (χ0) is 13.3. The number of nitrogens with one attached hydrogen (secondary N) is 1. The predicted octanol–water partition coefficient (Wildman–Crippen LogP) is 2.62. The zero-order valence-corrected chi connectivity index (χ0v) is 10.9. The average Bonchev–Trinajstić information content (AvgIpc) is 2.85. The van der Waals surface area contributed by atoms with Gasteiger partial charge in [-0.05, 0) is 25.8 Å². The van der Waals surface area contributed by atoms with E-state index in [1.807, 2.05) is 6.92 Å². The lowest BCUT2D eigenvalue weighted by atomic mass is 10.1. The van der Waals surface area contributed by atoms with Crippen molar-refractivity contribution >= 4 is 28.7 Å². The number of nitrogens with two attached hydrogens (primary N) is 2. The van der Waals surface area contributed by atoms with Gasteiger partial charge in [-0.2, -0.15) is 0 Å². The summed E-state index contributed by atoms with van der Waals surface area (Å²) < 4.78 is 19.5. The van der Waals surface area contributed by atoms with Gasteiger partial charge in [0.1, 0.15) is 5.02 Å². The number of rotatable bonds is 3. The first-order chi connectivity index (χ1) is 8.50. The Bertz CT molecular complexity index is 449. The molecule has 0 bridgehead atoms. The molecule has 1 fully saturated rings. The van der Waals surface area contributed by atoms with Gasteiger partial charge >= 0.3 is 0 Å². The molecule has 2 atom stereocenters. The quantitative estimate of drug-likeness (QED) is 0.740. The lowest BCUT2D eigenvalue weighted by Gasteiger charge is -2.23. The van der Waals surface area contributed by atoms with Crippen LogP contribution in [0.5, 0.6) is 0 Å². The Morgan fingerprint density at radius 2 is 2.22 bits per heavy atom. The van der Waals surface area contributed by atoms with Crippen LogP contribution in [0.1, 0.15) is 19.8 Å². The number of benzene rings is 1. The normalized spacial score (nSPS) is 20.9. The highest BCUT2D eigenvalue weighted by molar-refractivity contribution is 6.33. The summed E-state index contributed by atoms with van der Waals surface area (Å²) in [6.07, 6.45) is 2.05. The van der Waals surface area contributed by atoms with Crippen LogP contribution in [0.15, 0.2) is 6.07 Å². The molecule has 0 radical (unpaired) electrons. The topological polar surface area (TPSA) is 73.3 Å². The van der Waals surface area contributed by atoms with Gasteiger partial charge in [-0.25, -0.2) is 4.39 Å². The van der Waals surface area contributed by atoms with E-state index < -0.39 is 5.82 Å². The third-order valence-corrected chi connectivity index (χ3v) is 3.54. The molecule has 100 valence electrons. The molecule has 4 nitrogen and oxygen atoms in total. The van der Waals surface area contributed by atoms with Gasteiger partial charge in [0, 0.05) is 12.6 Å². The number of hydrogen-bond acceptors (Lipinski definition) is 4. The summed E-state index contributed by atoms with van der Waals surface area (Å²) in [7, 11) is 0. The van der Waals surface area contributed by atoms with Gasteiger partial charge in [0.05, 0.1) is 23.2 Å². The second-order valence-corrected chi connectivity index (χ2v) is 4.92. The van der Waals surface area contributed by atoms with Crippen LogP contribution in [0.2, 0.25) is 5.02 Å². The molecule has 1 heterocycles. The first-order valence-electron chi connectivity index (χ1n) is 5.91. The van der Waals surface area contributed by atoms with Crippen LogP contribution in [0.25, 0.3) is 0 Å². The highest BCUT2D eigenvalue weighted by Gasteiger charge is 2.24. The summed E-state index contributed by atoms with van der Waals surface area (Å²) in [4.78, 5) is 0. The van der Waals surface area contributed by atoms with Gasteiger partial charge in [0.25, 0.3) is 0 Å². The second kappa shape index (κ2) is 5.20. The van der Waals surface area contributed by atoms with Gasteiger partial charge < -0.3 is 21.5 Å². The first-order valence-corrected chi connectivity index (χ1v) is 6.29. The standard InChI is InChI=1S/C12H17ClFN3O/c1-6(9-3-2-4-18-9)17-12-8(16)5-7(15)10(13)11(12)14/h5-6,9,17H,2-4,15-16H2,1H3. The van der Waals surface area contributed by atoms with Crippen molar-refractivity contribution in [1.82, 2.24) is 0 Å². The van der Waals surface area contributed by atoms with Crippen molar-refractivity contribution in [3.8, 4) is 0 Å². The predicted molar refractivity (Wildman–Crippen MR) is 72.3 cm³/mol. The monoisotopic (exact) mass is 273 g/mol. The van der Waals surface area contributed by atoms with Crippen molar-refractivity contribution in [2.45, 2.75) is 31.9 Å². The van der Waals surface area contributed by atoms with E-state index in [9.17, 15) is 4.39 Å². The third-order valence-electron chi connectivity index (χ3n) is 3.16. The molecule has 0 aliphatic carbocycles. The molecule has 0 aromatic heterocycles. The fourth-order valence-electron chi connectivity index (χ4n) is 2.13. The van der Waals surface area contributed by atoms with Crippen LogP contribution in [-0.2, 0) is 4.74 Å². The molecule has 1 aliphatic rings. The maximum Gasteiger partial charge on any atom is 0.169 e. The van der Waals surface area contributed by atoms with E-state index in [1.165, 1.54) is 6.07 Å². The Hall–Kier alpha value is -1.20. The van der Waals surface area contributed by atoms with Crippen LogP contribution in [0, 0.1) is 5.82 Å². The lowest BCUT2D eigenvalue weighted by molar-refractivity contribution is 0.0996. The van der Waals surface area contributed by atoms with Crippen molar-refractivity contribution in [3.05, 3.63) is 16.9 Å². The van der Waals surface area contributed by atoms with E-state index in [-0.39, 0.29) is 34.2 Å². The summed E-state index contributed by atoms with van der Waals surface area (Å²) >= 11 is 5.77. The third kappa shape index (κ3) is 2.47. The maximum absolute atomic E-state index is 14.0. The van der Waals surface area contributed by atoms with Crippen molar-refractivity contribution in [3.63, 3.8) is 0 Å². The van der Waals surface area contributed by atoms with E-state index in [1.54, 1.807) is 0 Å². The molecular formula is C12H17ClFN3O. The largest absolute Gasteiger partial charge is 0.397 e. The molecule has 1 aliphatic heterocycles. The van der Waals surface area contributed by atoms with Gasteiger partial charge in [0.15, 0.2) is 5.82 Å². The summed E-state index contributed by atoms with van der Waals surface area (Å²) in [5.74, 6) is -0.612. The van der Waals surface area contributed by atoms with Crippen molar-refractivity contribution in [1.29, 1.82) is 0 Å². The maximum atomic E-state index is 14.0. The molecular weight excluding hydrogens is 257 g/mol. The molecule has 5 N–H and O–H groups in total. The minimum atomic E-state index is -0.612. The molecule has 0 amide bonds. The molecule has 0 spiro atoms. The van der Waals surface area contributed by atoms with E-state index >= 15 is 0 Å². The highest BCUT2D eigenvalue weighted by atomic mass is 35.5. The van der Waals surface area contributed by atoms with Gasteiger partial charge in [-0.15, -0.1) is 0 Å². The Balaban J connectivity index is 2.20. The molecule has 6 heteroatoms. The Kier molecular flexibility index (Phi) is 3.82. The number of anilines is 3. The van der Waals surface area contributed by atoms with Gasteiger partial charge in [-0.1, -0.05) is 11.6 Å². The smallest absolute Gasteiger partial charge is 0.169 e. The molecule has 1 aromatic carbocycles.